The van der Waals surface area contributed by atoms with Gasteiger partial charge in [-0.25, -0.2) is 0 Å². The summed E-state index contributed by atoms with van der Waals surface area (Å²) in [4.78, 5) is 2.45. The van der Waals surface area contributed by atoms with Gasteiger partial charge in [-0.2, -0.15) is 0 Å². The fourth-order valence-electron chi connectivity index (χ4n) is 2.55. The SMILES string of the molecule is CC(N)C1CCN(CCOc2cccc(Cl)c2)CC1.Cl. The van der Waals surface area contributed by atoms with E-state index in [0.717, 1.165) is 30.4 Å². The quantitative estimate of drug-likeness (QED) is 0.906. The Bertz CT molecular complexity index is 393. The van der Waals surface area contributed by atoms with E-state index in [0.29, 0.717) is 18.6 Å². The lowest BCUT2D eigenvalue weighted by Gasteiger charge is -2.33. The maximum atomic E-state index is 5.95. The second kappa shape index (κ2) is 8.73. The Morgan fingerprint density at radius 3 is 2.70 bits per heavy atom. The minimum Gasteiger partial charge on any atom is -0.492 e. The monoisotopic (exact) mass is 318 g/mol. The molecule has 0 aliphatic carbocycles. The van der Waals surface area contributed by atoms with Gasteiger partial charge in [-0.1, -0.05) is 17.7 Å². The molecule has 0 aromatic heterocycles. The van der Waals surface area contributed by atoms with E-state index in [1.165, 1.54) is 12.8 Å². The molecule has 5 heteroatoms. The van der Waals surface area contributed by atoms with Crippen molar-refractivity contribution in [3.05, 3.63) is 29.3 Å². The minimum atomic E-state index is 0. The zero-order valence-corrected chi connectivity index (χ0v) is 13.5. The molecular weight excluding hydrogens is 295 g/mol. The van der Waals surface area contributed by atoms with Crippen LogP contribution >= 0.6 is 24.0 Å². The Morgan fingerprint density at radius 2 is 2.10 bits per heavy atom. The van der Waals surface area contributed by atoms with Crippen molar-refractivity contribution in [2.75, 3.05) is 26.2 Å². The summed E-state index contributed by atoms with van der Waals surface area (Å²) in [5.41, 5.74) is 5.95. The van der Waals surface area contributed by atoms with Gasteiger partial charge in [0, 0.05) is 17.6 Å². The molecule has 1 aliphatic heterocycles. The first-order chi connectivity index (χ1) is 9.15. The lowest BCUT2D eigenvalue weighted by Crippen LogP contribution is -2.41. The van der Waals surface area contributed by atoms with Crippen molar-refractivity contribution in [3.8, 4) is 5.75 Å². The molecule has 0 bridgehead atoms. The van der Waals surface area contributed by atoms with E-state index in [1.54, 1.807) is 0 Å². The summed E-state index contributed by atoms with van der Waals surface area (Å²) in [6.07, 6.45) is 2.41. The van der Waals surface area contributed by atoms with Crippen LogP contribution in [0.15, 0.2) is 24.3 Å². The normalized spacial score (nSPS) is 18.4. The lowest BCUT2D eigenvalue weighted by atomic mass is 9.91. The van der Waals surface area contributed by atoms with Crippen molar-refractivity contribution in [1.29, 1.82) is 0 Å². The second-order valence-electron chi connectivity index (χ2n) is 5.34. The van der Waals surface area contributed by atoms with Crippen LogP contribution in [0, 0.1) is 5.92 Å². The number of rotatable bonds is 5. The Labute approximate surface area is 132 Å². The third-order valence-corrected chi connectivity index (χ3v) is 4.08. The van der Waals surface area contributed by atoms with Gasteiger partial charge in [-0.05, 0) is 57.0 Å². The third-order valence-electron chi connectivity index (χ3n) is 3.85. The smallest absolute Gasteiger partial charge is 0.120 e. The largest absolute Gasteiger partial charge is 0.492 e. The fourth-order valence-corrected chi connectivity index (χ4v) is 2.73. The summed E-state index contributed by atoms with van der Waals surface area (Å²) in [6, 6.07) is 7.88. The number of hydrogen-bond acceptors (Lipinski definition) is 3. The van der Waals surface area contributed by atoms with Crippen molar-refractivity contribution in [2.45, 2.75) is 25.8 Å². The number of nitrogens with zero attached hydrogens (tertiary/aromatic N) is 1. The molecule has 1 atom stereocenters. The third kappa shape index (κ3) is 5.49. The molecule has 2 N–H and O–H groups in total. The molecule has 3 nitrogen and oxygen atoms in total. The highest BCUT2D eigenvalue weighted by Crippen LogP contribution is 2.20. The minimum absolute atomic E-state index is 0. The van der Waals surface area contributed by atoms with Crippen LogP contribution < -0.4 is 10.5 Å². The van der Waals surface area contributed by atoms with Crippen molar-refractivity contribution in [3.63, 3.8) is 0 Å². The predicted octanol–water partition coefficient (Wildman–Crippen LogP) is 3.20. The first kappa shape index (κ1) is 17.6. The van der Waals surface area contributed by atoms with Gasteiger partial charge in [0.15, 0.2) is 0 Å². The molecule has 1 saturated heterocycles. The van der Waals surface area contributed by atoms with Gasteiger partial charge in [0.2, 0.25) is 0 Å². The van der Waals surface area contributed by atoms with Gasteiger partial charge < -0.3 is 10.5 Å². The first-order valence-corrected chi connectivity index (χ1v) is 7.39. The molecule has 1 fully saturated rings. The van der Waals surface area contributed by atoms with E-state index in [2.05, 4.69) is 11.8 Å². The molecule has 2 rings (SSSR count). The molecule has 1 aliphatic rings. The van der Waals surface area contributed by atoms with Crippen LogP contribution in [0.1, 0.15) is 19.8 Å². The lowest BCUT2D eigenvalue weighted by molar-refractivity contribution is 0.147. The average molecular weight is 319 g/mol. The van der Waals surface area contributed by atoms with E-state index >= 15 is 0 Å². The number of benzene rings is 1. The highest BCUT2D eigenvalue weighted by atomic mass is 35.5. The number of halogens is 2. The first-order valence-electron chi connectivity index (χ1n) is 7.01. The highest BCUT2D eigenvalue weighted by Gasteiger charge is 2.21. The Balaban J connectivity index is 0.00000200. The number of nitrogens with two attached hydrogens (primary N) is 1. The van der Waals surface area contributed by atoms with E-state index in [4.69, 9.17) is 22.1 Å². The summed E-state index contributed by atoms with van der Waals surface area (Å²) in [5.74, 6) is 1.53. The summed E-state index contributed by atoms with van der Waals surface area (Å²) >= 11 is 5.92. The van der Waals surface area contributed by atoms with Gasteiger partial charge in [-0.15, -0.1) is 12.4 Å². The molecule has 0 radical (unpaired) electrons. The number of likely N-dealkylation sites (tertiary alicyclic amines) is 1. The van der Waals surface area contributed by atoms with Gasteiger partial charge in [0.1, 0.15) is 12.4 Å². The number of ether oxygens (including phenoxy) is 1. The van der Waals surface area contributed by atoms with Crippen molar-refractivity contribution in [2.24, 2.45) is 11.7 Å². The van der Waals surface area contributed by atoms with Crippen LogP contribution in [0.3, 0.4) is 0 Å². The summed E-state index contributed by atoms with van der Waals surface area (Å²) in [6.45, 7) is 6.06. The standard InChI is InChI=1S/C15H23ClN2O.ClH/c1-12(17)13-5-7-18(8-6-13)9-10-19-15-4-2-3-14(16)11-15;/h2-4,11-13H,5-10,17H2,1H3;1H. The molecule has 1 aromatic carbocycles. The Morgan fingerprint density at radius 1 is 1.40 bits per heavy atom. The van der Waals surface area contributed by atoms with Crippen molar-refractivity contribution in [1.82, 2.24) is 4.90 Å². The predicted molar refractivity (Wildman–Crippen MR) is 87.0 cm³/mol. The second-order valence-corrected chi connectivity index (χ2v) is 5.78. The van der Waals surface area contributed by atoms with Crippen LogP contribution in [0.5, 0.6) is 5.75 Å². The topological polar surface area (TPSA) is 38.5 Å². The van der Waals surface area contributed by atoms with E-state index in [1.807, 2.05) is 24.3 Å². The maximum absolute atomic E-state index is 5.95. The van der Waals surface area contributed by atoms with Crippen LogP contribution in [0.4, 0.5) is 0 Å². The van der Waals surface area contributed by atoms with Gasteiger partial charge in [0.25, 0.3) is 0 Å². The summed E-state index contributed by atoms with van der Waals surface area (Å²) in [5, 5.41) is 0.718. The summed E-state index contributed by atoms with van der Waals surface area (Å²) < 4.78 is 5.71. The molecule has 114 valence electrons. The van der Waals surface area contributed by atoms with Crippen LogP contribution in [-0.2, 0) is 0 Å². The van der Waals surface area contributed by atoms with Gasteiger partial charge >= 0.3 is 0 Å². The average Bonchev–Trinajstić information content (AvgIpc) is 2.39. The number of hydrogen-bond donors (Lipinski definition) is 1. The molecule has 1 aromatic rings. The summed E-state index contributed by atoms with van der Waals surface area (Å²) in [7, 11) is 0. The number of piperidine rings is 1. The van der Waals surface area contributed by atoms with E-state index < -0.39 is 0 Å². The Hall–Kier alpha value is -0.480. The van der Waals surface area contributed by atoms with E-state index in [9.17, 15) is 0 Å². The van der Waals surface area contributed by atoms with Gasteiger partial charge in [-0.3, -0.25) is 4.90 Å². The molecule has 20 heavy (non-hydrogen) atoms. The Kier molecular flexibility index (Phi) is 7.67. The molecular formula is C15H24Cl2N2O. The zero-order chi connectivity index (χ0) is 13.7. The van der Waals surface area contributed by atoms with Crippen LogP contribution in [0.2, 0.25) is 5.02 Å². The molecule has 0 spiro atoms. The van der Waals surface area contributed by atoms with Gasteiger partial charge in [0.05, 0.1) is 0 Å². The van der Waals surface area contributed by atoms with Crippen LogP contribution in [-0.4, -0.2) is 37.2 Å². The molecule has 1 unspecified atom stereocenters. The van der Waals surface area contributed by atoms with Crippen LogP contribution in [0.25, 0.3) is 0 Å². The van der Waals surface area contributed by atoms with Crippen molar-refractivity contribution < 1.29 is 4.74 Å². The molecule has 0 saturated carbocycles. The van der Waals surface area contributed by atoms with E-state index in [-0.39, 0.29) is 12.4 Å². The molecule has 0 amide bonds. The highest BCUT2D eigenvalue weighted by molar-refractivity contribution is 6.30. The molecule has 1 heterocycles. The maximum Gasteiger partial charge on any atom is 0.120 e. The fraction of sp³-hybridized carbons (Fsp3) is 0.600. The zero-order valence-electron chi connectivity index (χ0n) is 11.9. The van der Waals surface area contributed by atoms with Crippen molar-refractivity contribution >= 4 is 24.0 Å².